The van der Waals surface area contributed by atoms with Gasteiger partial charge in [0.25, 0.3) is 0 Å². The van der Waals surface area contributed by atoms with Crippen LogP contribution in [-0.2, 0) is 0 Å². The molecule has 17 heavy (non-hydrogen) atoms. The third kappa shape index (κ3) is 3.00. The van der Waals surface area contributed by atoms with Gasteiger partial charge in [-0.25, -0.2) is 8.78 Å². The number of rotatable bonds is 2. The summed E-state index contributed by atoms with van der Waals surface area (Å²) in [5.74, 6) is -0.521. The van der Waals surface area contributed by atoms with E-state index in [2.05, 4.69) is 0 Å². The third-order valence-electron chi connectivity index (χ3n) is 2.48. The van der Waals surface area contributed by atoms with Crippen molar-refractivity contribution < 1.29 is 8.78 Å². The zero-order valence-electron chi connectivity index (χ0n) is 9.45. The van der Waals surface area contributed by atoms with Crippen LogP contribution in [0, 0.1) is 18.6 Å². The molecule has 0 aliphatic rings. The highest BCUT2D eigenvalue weighted by Gasteiger charge is 1.97. The van der Waals surface area contributed by atoms with Gasteiger partial charge in [-0.05, 0) is 36.2 Å². The van der Waals surface area contributed by atoms with Crippen LogP contribution in [0.15, 0.2) is 42.5 Å². The summed E-state index contributed by atoms with van der Waals surface area (Å²) in [6.07, 6.45) is 3.44. The fraction of sp³-hybridized carbons (Fsp3) is 0.0667. The summed E-state index contributed by atoms with van der Waals surface area (Å²) in [5.41, 5.74) is 2.26. The molecule has 0 amide bonds. The molecule has 0 N–H and O–H groups in total. The Bertz CT molecular complexity index is 539. The third-order valence-corrected chi connectivity index (χ3v) is 2.48. The van der Waals surface area contributed by atoms with E-state index in [1.807, 2.05) is 13.0 Å². The van der Waals surface area contributed by atoms with Crippen molar-refractivity contribution in [3.63, 3.8) is 0 Å². The lowest BCUT2D eigenvalue weighted by Crippen LogP contribution is -1.83. The van der Waals surface area contributed by atoms with E-state index in [0.717, 1.165) is 11.1 Å². The first kappa shape index (κ1) is 11.5. The van der Waals surface area contributed by atoms with Crippen molar-refractivity contribution in [1.82, 2.24) is 0 Å². The van der Waals surface area contributed by atoms with Crippen molar-refractivity contribution in [2.45, 2.75) is 6.92 Å². The largest absolute Gasteiger partial charge is 0.207 e. The SMILES string of the molecule is Cc1ccc(/C=C/c2ccc(F)cc2)c(F)c1. The second-order valence-corrected chi connectivity index (χ2v) is 3.91. The lowest BCUT2D eigenvalue weighted by molar-refractivity contribution is 0.624. The highest BCUT2D eigenvalue weighted by atomic mass is 19.1. The Labute approximate surface area is 99.2 Å². The summed E-state index contributed by atoms with van der Waals surface area (Å²) in [5, 5.41) is 0. The van der Waals surface area contributed by atoms with Crippen molar-refractivity contribution in [2.75, 3.05) is 0 Å². The van der Waals surface area contributed by atoms with Crippen LogP contribution in [0.2, 0.25) is 0 Å². The Morgan fingerprint density at radius 1 is 0.882 bits per heavy atom. The second-order valence-electron chi connectivity index (χ2n) is 3.91. The quantitative estimate of drug-likeness (QED) is 0.669. The van der Waals surface area contributed by atoms with Crippen LogP contribution in [-0.4, -0.2) is 0 Å². The fourth-order valence-electron chi connectivity index (χ4n) is 1.53. The molecule has 0 nitrogen and oxygen atoms in total. The van der Waals surface area contributed by atoms with E-state index < -0.39 is 0 Å². The molecule has 0 saturated carbocycles. The minimum absolute atomic E-state index is 0.247. The van der Waals surface area contributed by atoms with Crippen LogP contribution in [0.25, 0.3) is 12.2 Å². The maximum absolute atomic E-state index is 13.5. The number of halogens is 2. The van der Waals surface area contributed by atoms with Crippen LogP contribution in [0.5, 0.6) is 0 Å². The zero-order chi connectivity index (χ0) is 12.3. The molecule has 0 bridgehead atoms. The van der Waals surface area contributed by atoms with Crippen LogP contribution in [0.4, 0.5) is 8.78 Å². The molecule has 2 aromatic rings. The minimum Gasteiger partial charge on any atom is -0.207 e. The number of hydrogen-bond acceptors (Lipinski definition) is 0. The lowest BCUT2D eigenvalue weighted by Gasteiger charge is -1.98. The van der Waals surface area contributed by atoms with E-state index in [1.54, 1.807) is 30.4 Å². The van der Waals surface area contributed by atoms with Gasteiger partial charge in [-0.3, -0.25) is 0 Å². The van der Waals surface area contributed by atoms with Crippen molar-refractivity contribution in [3.8, 4) is 0 Å². The van der Waals surface area contributed by atoms with Gasteiger partial charge in [0.1, 0.15) is 11.6 Å². The molecule has 0 aliphatic carbocycles. The number of aryl methyl sites for hydroxylation is 1. The van der Waals surface area contributed by atoms with Crippen molar-refractivity contribution in [2.24, 2.45) is 0 Å². The van der Waals surface area contributed by atoms with Crippen molar-refractivity contribution >= 4 is 12.2 Å². The topological polar surface area (TPSA) is 0 Å². The van der Waals surface area contributed by atoms with Gasteiger partial charge in [0, 0.05) is 5.56 Å². The molecule has 2 heteroatoms. The summed E-state index contributed by atoms with van der Waals surface area (Å²) >= 11 is 0. The number of benzene rings is 2. The Kier molecular flexibility index (Phi) is 3.33. The fourth-order valence-corrected chi connectivity index (χ4v) is 1.53. The summed E-state index contributed by atoms with van der Waals surface area (Å²) in [6, 6.07) is 11.1. The first-order chi connectivity index (χ1) is 8.15. The molecule has 0 saturated heterocycles. The van der Waals surface area contributed by atoms with Crippen LogP contribution in [0.1, 0.15) is 16.7 Å². The maximum Gasteiger partial charge on any atom is 0.130 e. The molecule has 0 fully saturated rings. The molecule has 0 unspecified atom stereocenters. The van der Waals surface area contributed by atoms with Crippen LogP contribution >= 0.6 is 0 Å². The molecule has 0 atom stereocenters. The van der Waals surface area contributed by atoms with Gasteiger partial charge in [-0.15, -0.1) is 0 Å². The zero-order valence-corrected chi connectivity index (χ0v) is 9.45. The van der Waals surface area contributed by atoms with E-state index in [0.29, 0.717) is 5.56 Å². The highest BCUT2D eigenvalue weighted by Crippen LogP contribution is 2.14. The van der Waals surface area contributed by atoms with Crippen molar-refractivity contribution in [3.05, 3.63) is 70.8 Å². The monoisotopic (exact) mass is 230 g/mol. The highest BCUT2D eigenvalue weighted by molar-refractivity contribution is 5.69. The lowest BCUT2D eigenvalue weighted by atomic mass is 10.1. The molecule has 2 rings (SSSR count). The molecule has 0 radical (unpaired) electrons. The van der Waals surface area contributed by atoms with Crippen LogP contribution in [0.3, 0.4) is 0 Å². The smallest absolute Gasteiger partial charge is 0.130 e. The normalized spacial score (nSPS) is 11.0. The van der Waals surface area contributed by atoms with Gasteiger partial charge in [0.05, 0.1) is 0 Å². The average Bonchev–Trinajstić information content (AvgIpc) is 2.30. The Morgan fingerprint density at radius 2 is 1.59 bits per heavy atom. The predicted octanol–water partition coefficient (Wildman–Crippen LogP) is 4.44. The van der Waals surface area contributed by atoms with E-state index in [4.69, 9.17) is 0 Å². The molecular weight excluding hydrogens is 218 g/mol. The summed E-state index contributed by atoms with van der Waals surface area (Å²) in [7, 11) is 0. The number of hydrogen-bond donors (Lipinski definition) is 0. The summed E-state index contributed by atoms with van der Waals surface area (Å²) in [4.78, 5) is 0. The van der Waals surface area contributed by atoms with Gasteiger partial charge < -0.3 is 0 Å². The molecule has 0 spiro atoms. The summed E-state index contributed by atoms with van der Waals surface area (Å²) in [6.45, 7) is 1.84. The molecule has 2 aromatic carbocycles. The Balaban J connectivity index is 2.23. The van der Waals surface area contributed by atoms with Crippen molar-refractivity contribution in [1.29, 1.82) is 0 Å². The predicted molar refractivity (Wildman–Crippen MR) is 66.5 cm³/mol. The molecule has 0 aliphatic heterocycles. The average molecular weight is 230 g/mol. The van der Waals surface area contributed by atoms with E-state index in [9.17, 15) is 8.78 Å². The standard InChI is InChI=1S/C15H12F2/c1-11-2-6-13(15(17)10-11)7-3-12-4-8-14(16)9-5-12/h2-10H,1H3/b7-3+. The molecule has 0 aromatic heterocycles. The second kappa shape index (κ2) is 4.91. The van der Waals surface area contributed by atoms with Gasteiger partial charge in [-0.1, -0.05) is 36.4 Å². The molecule has 0 heterocycles. The maximum atomic E-state index is 13.5. The first-order valence-corrected chi connectivity index (χ1v) is 5.35. The first-order valence-electron chi connectivity index (χ1n) is 5.35. The van der Waals surface area contributed by atoms with Gasteiger partial charge in [0.15, 0.2) is 0 Å². The summed E-state index contributed by atoms with van der Waals surface area (Å²) < 4.78 is 26.2. The van der Waals surface area contributed by atoms with E-state index in [-0.39, 0.29) is 11.6 Å². The van der Waals surface area contributed by atoms with E-state index in [1.165, 1.54) is 18.2 Å². The molecular formula is C15H12F2. The van der Waals surface area contributed by atoms with Gasteiger partial charge >= 0.3 is 0 Å². The minimum atomic E-state index is -0.274. The van der Waals surface area contributed by atoms with Crippen LogP contribution < -0.4 is 0 Å². The van der Waals surface area contributed by atoms with Gasteiger partial charge in [-0.2, -0.15) is 0 Å². The Hall–Kier alpha value is -1.96. The molecule has 86 valence electrons. The van der Waals surface area contributed by atoms with E-state index >= 15 is 0 Å². The Morgan fingerprint density at radius 3 is 2.24 bits per heavy atom. The van der Waals surface area contributed by atoms with Gasteiger partial charge in [0.2, 0.25) is 0 Å².